The first kappa shape index (κ1) is 16.6. The average Bonchev–Trinajstić information content (AvgIpc) is 2.12. The molecular weight excluding hydrogens is 378 g/mol. The maximum atomic E-state index is 14.4. The molecule has 0 unspecified atom stereocenters. The van der Waals surface area contributed by atoms with Crippen LogP contribution in [-0.4, -0.2) is 0 Å². The van der Waals surface area contributed by atoms with Crippen LogP contribution in [0.4, 0.5) is 4.39 Å². The van der Waals surface area contributed by atoms with Gasteiger partial charge in [0.25, 0.3) is 0 Å². The molecule has 0 heterocycles. The predicted molar refractivity (Wildman–Crippen MR) is 88.2 cm³/mol. The first-order chi connectivity index (χ1) is 7.94. The van der Waals surface area contributed by atoms with Crippen LogP contribution < -0.4 is 5.30 Å². The van der Waals surface area contributed by atoms with Gasteiger partial charge < -0.3 is 0 Å². The molecule has 0 nitrogen and oxygen atoms in total. The zero-order valence-electron chi connectivity index (χ0n) is 11.7. The largest absolute Gasteiger partial charge is 0.206 e. The van der Waals surface area contributed by atoms with Gasteiger partial charge in [0, 0.05) is 5.30 Å². The second-order valence-electron chi connectivity index (χ2n) is 6.59. The summed E-state index contributed by atoms with van der Waals surface area (Å²) >= 11 is 6.99. The molecule has 1 rings (SSSR count). The lowest BCUT2D eigenvalue weighted by atomic mass is 9.80. The number of hydrogen-bond acceptors (Lipinski definition) is 0. The fourth-order valence-electron chi connectivity index (χ4n) is 1.78. The van der Waals surface area contributed by atoms with E-state index in [-0.39, 0.29) is 16.6 Å². The van der Waals surface area contributed by atoms with Crippen molar-refractivity contribution in [3.05, 3.63) is 29.1 Å². The summed E-state index contributed by atoms with van der Waals surface area (Å²) in [7, 11) is 0. The molecule has 4 heteroatoms. The Kier molecular flexibility index (Phi) is 5.07. The van der Waals surface area contributed by atoms with Gasteiger partial charge in [-0.15, -0.1) is 0 Å². The molecule has 1 aromatic rings. The maximum Gasteiger partial charge on any atom is 0.133 e. The van der Waals surface area contributed by atoms with Crippen LogP contribution in [0, 0.1) is 5.82 Å². The summed E-state index contributed by atoms with van der Waals surface area (Å²) in [6, 6.07) is 3.82. The molecule has 0 aliphatic rings. The van der Waals surface area contributed by atoms with Crippen molar-refractivity contribution < 1.29 is 4.39 Å². The zero-order valence-corrected chi connectivity index (χ0v) is 15.8. The molecule has 1 aromatic carbocycles. The minimum absolute atomic E-state index is 0.0409. The highest BCUT2D eigenvalue weighted by Crippen LogP contribution is 2.53. The van der Waals surface area contributed by atoms with Crippen molar-refractivity contribution in [1.29, 1.82) is 0 Å². The molecule has 102 valence electrons. The summed E-state index contributed by atoms with van der Waals surface area (Å²) in [5, 5.41) is -0.0307. The van der Waals surface area contributed by atoms with Gasteiger partial charge >= 0.3 is 0 Å². The third kappa shape index (κ3) is 3.77. The van der Waals surface area contributed by atoms with E-state index in [1.807, 2.05) is 0 Å². The van der Waals surface area contributed by atoms with Crippen molar-refractivity contribution in [2.24, 2.45) is 0 Å². The Balaban J connectivity index is 3.58. The Labute approximate surface area is 127 Å². The van der Waals surface area contributed by atoms with Gasteiger partial charge in [-0.3, -0.25) is 0 Å². The fraction of sp³-hybridized carbons (Fsp3) is 0.571. The predicted octanol–water partition coefficient (Wildman–Crippen LogP) is 6.15. The number of benzene rings is 1. The Hall–Kier alpha value is 0.540. The van der Waals surface area contributed by atoms with E-state index in [0.29, 0.717) is 0 Å². The minimum atomic E-state index is -0.800. The molecule has 0 N–H and O–H groups in total. The molecule has 0 radical (unpaired) electrons. The average molecular weight is 398 g/mol. The molecule has 0 aliphatic heterocycles. The molecule has 0 aromatic heterocycles. The van der Waals surface area contributed by atoms with Crippen LogP contribution in [0.2, 0.25) is 0 Å². The second kappa shape index (κ2) is 5.50. The molecule has 0 fully saturated rings. The van der Waals surface area contributed by atoms with Crippen molar-refractivity contribution >= 4 is 41.6 Å². The van der Waals surface area contributed by atoms with Crippen molar-refractivity contribution in [2.75, 3.05) is 0 Å². The number of rotatable bonds is 1. The molecule has 18 heavy (non-hydrogen) atoms. The van der Waals surface area contributed by atoms with E-state index in [2.05, 4.69) is 78.6 Å². The molecule has 0 bridgehead atoms. The van der Waals surface area contributed by atoms with Crippen molar-refractivity contribution in [3.8, 4) is 0 Å². The van der Waals surface area contributed by atoms with Crippen molar-refractivity contribution in [3.63, 3.8) is 0 Å². The summed E-state index contributed by atoms with van der Waals surface area (Å²) in [5.74, 6) is -0.118. The Morgan fingerprint density at radius 2 is 1.44 bits per heavy atom. The molecule has 0 saturated carbocycles. The van der Waals surface area contributed by atoms with Crippen molar-refractivity contribution in [2.45, 2.75) is 52.4 Å². The molecule has 0 aliphatic carbocycles. The van der Waals surface area contributed by atoms with Gasteiger partial charge in [-0.05, 0) is 59.0 Å². The Morgan fingerprint density at radius 3 is 1.78 bits per heavy atom. The lowest BCUT2D eigenvalue weighted by Gasteiger charge is -2.28. The third-order valence-corrected chi connectivity index (χ3v) is 5.83. The van der Waals surface area contributed by atoms with E-state index in [9.17, 15) is 4.39 Å². The smallest absolute Gasteiger partial charge is 0.133 e. The van der Waals surface area contributed by atoms with Crippen LogP contribution in [0.15, 0.2) is 12.1 Å². The normalized spacial score (nSPS) is 13.2. The van der Waals surface area contributed by atoms with Crippen LogP contribution in [0.1, 0.15) is 52.7 Å². The summed E-state index contributed by atoms with van der Waals surface area (Å²) in [5.41, 5.74) is 2.01. The van der Waals surface area contributed by atoms with Crippen LogP contribution >= 0.6 is 36.3 Å². The van der Waals surface area contributed by atoms with Crippen LogP contribution in [-0.2, 0) is 10.8 Å². The van der Waals surface area contributed by atoms with Gasteiger partial charge in [0.2, 0.25) is 0 Å². The van der Waals surface area contributed by atoms with Gasteiger partial charge in [0.15, 0.2) is 0 Å². The van der Waals surface area contributed by atoms with E-state index in [1.54, 1.807) is 6.07 Å². The van der Waals surface area contributed by atoms with Gasteiger partial charge in [-0.25, -0.2) is 4.39 Å². The summed E-state index contributed by atoms with van der Waals surface area (Å²) in [4.78, 5) is 0. The Bertz CT molecular complexity index is 442. The maximum absolute atomic E-state index is 14.4. The van der Waals surface area contributed by atoms with Crippen LogP contribution in [0.3, 0.4) is 0 Å². The number of halogens is 3. The molecular formula is C14H20Br2FP. The summed E-state index contributed by atoms with van der Waals surface area (Å²) in [6.07, 6.45) is 0. The van der Waals surface area contributed by atoms with Crippen LogP contribution in [0.25, 0.3) is 0 Å². The van der Waals surface area contributed by atoms with E-state index in [4.69, 9.17) is 0 Å². The highest BCUT2D eigenvalue weighted by Gasteiger charge is 2.27. The topological polar surface area (TPSA) is 0 Å². The summed E-state index contributed by atoms with van der Waals surface area (Å²) < 4.78 is 14.4. The van der Waals surface area contributed by atoms with E-state index in [1.165, 1.54) is 0 Å². The van der Waals surface area contributed by atoms with Crippen LogP contribution in [0.5, 0.6) is 0 Å². The second-order valence-corrected chi connectivity index (χ2v) is 14.6. The Morgan fingerprint density at radius 1 is 0.944 bits per heavy atom. The fourth-order valence-corrected chi connectivity index (χ4v) is 4.75. The quantitative estimate of drug-likeness (QED) is 0.498. The first-order valence-electron chi connectivity index (χ1n) is 5.91. The molecule has 0 spiro atoms. The van der Waals surface area contributed by atoms with Gasteiger partial charge in [0.05, 0.1) is 5.33 Å². The zero-order chi connectivity index (χ0) is 14.3. The lowest BCUT2D eigenvalue weighted by Crippen LogP contribution is -2.25. The van der Waals surface area contributed by atoms with Crippen molar-refractivity contribution in [1.82, 2.24) is 0 Å². The van der Waals surface area contributed by atoms with Gasteiger partial charge in [-0.2, -0.15) is 0 Å². The molecule has 0 saturated heterocycles. The highest BCUT2D eigenvalue weighted by atomic mass is 79.9. The lowest BCUT2D eigenvalue weighted by molar-refractivity contribution is 0.553. The van der Waals surface area contributed by atoms with E-state index >= 15 is 0 Å². The standard InChI is InChI=1S/C14H20Br2FP/c1-13(2,3)9-7-10(14(4,5)6)12(18(15)16)11(17)8-9/h7-8H,1-6H3. The monoisotopic (exact) mass is 396 g/mol. The summed E-state index contributed by atoms with van der Waals surface area (Å²) in [6.45, 7) is 12.7. The van der Waals surface area contributed by atoms with E-state index < -0.39 is 5.33 Å². The third-order valence-electron chi connectivity index (χ3n) is 2.91. The molecule has 0 atom stereocenters. The van der Waals surface area contributed by atoms with Gasteiger partial charge in [-0.1, -0.05) is 47.6 Å². The SMILES string of the molecule is CC(C)(C)c1cc(F)c(P(Br)Br)c(C(C)(C)C)c1. The number of hydrogen-bond donors (Lipinski definition) is 0. The molecule has 0 amide bonds. The minimum Gasteiger partial charge on any atom is -0.206 e. The van der Waals surface area contributed by atoms with E-state index in [0.717, 1.165) is 16.4 Å². The van der Waals surface area contributed by atoms with Gasteiger partial charge in [0.1, 0.15) is 5.82 Å². The highest BCUT2D eigenvalue weighted by molar-refractivity contribution is 9.70. The first-order valence-corrected chi connectivity index (χ1v) is 11.3.